The number of benzene rings is 3. The van der Waals surface area contributed by atoms with Gasteiger partial charge in [-0.05, 0) is 42.1 Å². The first-order chi connectivity index (χ1) is 14.9. The van der Waals surface area contributed by atoms with Gasteiger partial charge in [-0.25, -0.2) is 0 Å². The van der Waals surface area contributed by atoms with Gasteiger partial charge in [-0.15, -0.1) is 0 Å². The summed E-state index contributed by atoms with van der Waals surface area (Å²) < 4.78 is 0. The van der Waals surface area contributed by atoms with Crippen LogP contribution in [0.5, 0.6) is 0 Å². The molecule has 3 aromatic carbocycles. The fourth-order valence-corrected chi connectivity index (χ4v) is 4.07. The Bertz CT molecular complexity index is 1170. The summed E-state index contributed by atoms with van der Waals surface area (Å²) in [5, 5.41) is 4.99. The molecule has 0 saturated carbocycles. The van der Waals surface area contributed by atoms with Crippen molar-refractivity contribution in [3.8, 4) is 0 Å². The van der Waals surface area contributed by atoms with Gasteiger partial charge in [-0.2, -0.15) is 0 Å². The molecule has 0 aliphatic carbocycles. The molecule has 31 heavy (non-hydrogen) atoms. The molecule has 4 rings (SSSR count). The SMILES string of the molecule is CNC(=O)C(C)N(Cc1ccc(Cl)cc1)C(=O)CN1C(=O)c2cccc3cccc1c23. The lowest BCUT2D eigenvalue weighted by Crippen LogP contribution is -2.50. The summed E-state index contributed by atoms with van der Waals surface area (Å²) in [5.74, 6) is -0.802. The van der Waals surface area contributed by atoms with E-state index in [1.807, 2.05) is 42.5 Å². The molecule has 1 unspecified atom stereocenters. The summed E-state index contributed by atoms with van der Waals surface area (Å²) in [5.41, 5.74) is 2.14. The van der Waals surface area contributed by atoms with Gasteiger partial charge in [0.25, 0.3) is 5.91 Å². The molecule has 0 aromatic heterocycles. The lowest BCUT2D eigenvalue weighted by Gasteiger charge is -2.30. The van der Waals surface area contributed by atoms with E-state index in [1.165, 1.54) is 16.8 Å². The molecule has 3 aromatic rings. The first-order valence-corrected chi connectivity index (χ1v) is 10.4. The Morgan fingerprint density at radius 2 is 1.74 bits per heavy atom. The van der Waals surface area contributed by atoms with Crippen molar-refractivity contribution >= 4 is 45.8 Å². The van der Waals surface area contributed by atoms with E-state index in [4.69, 9.17) is 11.6 Å². The molecule has 0 spiro atoms. The number of carbonyl (C=O) groups excluding carboxylic acids is 3. The maximum Gasteiger partial charge on any atom is 0.259 e. The van der Waals surface area contributed by atoms with E-state index in [1.54, 1.807) is 25.1 Å². The van der Waals surface area contributed by atoms with E-state index in [-0.39, 0.29) is 30.8 Å². The molecule has 1 N–H and O–H groups in total. The minimum absolute atomic E-state index is 0.151. The Labute approximate surface area is 185 Å². The Morgan fingerprint density at radius 1 is 1.06 bits per heavy atom. The van der Waals surface area contributed by atoms with E-state index in [2.05, 4.69) is 5.32 Å². The van der Waals surface area contributed by atoms with Crippen molar-refractivity contribution in [2.75, 3.05) is 18.5 Å². The third-order valence-corrected chi connectivity index (χ3v) is 5.87. The highest BCUT2D eigenvalue weighted by Gasteiger charge is 2.34. The van der Waals surface area contributed by atoms with Crippen molar-refractivity contribution in [3.05, 3.63) is 76.8 Å². The van der Waals surface area contributed by atoms with Crippen LogP contribution in [0.3, 0.4) is 0 Å². The maximum absolute atomic E-state index is 13.4. The zero-order valence-corrected chi connectivity index (χ0v) is 18.0. The minimum Gasteiger partial charge on any atom is -0.357 e. The van der Waals surface area contributed by atoms with Gasteiger partial charge < -0.3 is 10.2 Å². The highest BCUT2D eigenvalue weighted by atomic mass is 35.5. The zero-order valence-electron chi connectivity index (χ0n) is 17.3. The van der Waals surface area contributed by atoms with Crippen LogP contribution in [0.4, 0.5) is 5.69 Å². The number of carbonyl (C=O) groups is 3. The van der Waals surface area contributed by atoms with Crippen molar-refractivity contribution in [2.24, 2.45) is 0 Å². The standard InChI is InChI=1S/C24H22ClN3O3/c1-15(23(30)26-2)27(13-16-9-11-18(25)12-10-16)21(29)14-28-20-8-4-6-17-5-3-7-19(22(17)20)24(28)31/h3-12,15H,13-14H2,1-2H3,(H,26,30). The summed E-state index contributed by atoms with van der Waals surface area (Å²) >= 11 is 5.97. The predicted molar refractivity (Wildman–Crippen MR) is 121 cm³/mol. The minimum atomic E-state index is -0.705. The average Bonchev–Trinajstić information content (AvgIpc) is 3.05. The smallest absolute Gasteiger partial charge is 0.259 e. The molecule has 1 atom stereocenters. The molecule has 0 fully saturated rings. The molecule has 6 nitrogen and oxygen atoms in total. The van der Waals surface area contributed by atoms with Gasteiger partial charge in [0.1, 0.15) is 12.6 Å². The second-order valence-corrected chi connectivity index (χ2v) is 7.95. The molecule has 0 radical (unpaired) electrons. The van der Waals surface area contributed by atoms with Crippen molar-refractivity contribution in [3.63, 3.8) is 0 Å². The Morgan fingerprint density at radius 3 is 2.42 bits per heavy atom. The van der Waals surface area contributed by atoms with Gasteiger partial charge in [-0.3, -0.25) is 19.3 Å². The van der Waals surface area contributed by atoms with E-state index >= 15 is 0 Å². The average molecular weight is 436 g/mol. The number of nitrogens with one attached hydrogen (secondary N) is 1. The van der Waals surface area contributed by atoms with E-state index < -0.39 is 6.04 Å². The third-order valence-electron chi connectivity index (χ3n) is 5.62. The number of amides is 3. The molecule has 0 bridgehead atoms. The number of halogens is 1. The molecular weight excluding hydrogens is 414 g/mol. The first kappa shape index (κ1) is 20.9. The maximum atomic E-state index is 13.4. The van der Waals surface area contributed by atoms with Gasteiger partial charge in [0.05, 0.1) is 5.69 Å². The van der Waals surface area contributed by atoms with Crippen molar-refractivity contribution < 1.29 is 14.4 Å². The summed E-state index contributed by atoms with van der Waals surface area (Å²) in [7, 11) is 1.53. The second-order valence-electron chi connectivity index (χ2n) is 7.51. The molecule has 1 heterocycles. The van der Waals surface area contributed by atoms with Crippen LogP contribution < -0.4 is 10.2 Å². The summed E-state index contributed by atoms with van der Waals surface area (Å²) in [4.78, 5) is 41.7. The monoisotopic (exact) mass is 435 g/mol. The number of rotatable bonds is 6. The number of hydrogen-bond donors (Lipinski definition) is 1. The number of nitrogens with zero attached hydrogens (tertiary/aromatic N) is 2. The Hall–Kier alpha value is -3.38. The molecular formula is C24H22ClN3O3. The van der Waals surface area contributed by atoms with E-state index in [0.717, 1.165) is 16.3 Å². The molecule has 0 saturated heterocycles. The van der Waals surface area contributed by atoms with Gasteiger partial charge in [0, 0.05) is 29.6 Å². The molecule has 7 heteroatoms. The number of likely N-dealkylation sites (N-methyl/N-ethyl adjacent to an activating group) is 1. The quantitative estimate of drug-likeness (QED) is 0.643. The van der Waals surface area contributed by atoms with Crippen LogP contribution >= 0.6 is 11.6 Å². The largest absolute Gasteiger partial charge is 0.357 e. The van der Waals surface area contributed by atoms with Crippen LogP contribution in [0.1, 0.15) is 22.8 Å². The fourth-order valence-electron chi connectivity index (χ4n) is 3.94. The van der Waals surface area contributed by atoms with E-state index in [0.29, 0.717) is 16.3 Å². The van der Waals surface area contributed by atoms with Crippen LogP contribution in [-0.4, -0.2) is 42.3 Å². The predicted octanol–water partition coefficient (Wildman–Crippen LogP) is 3.62. The van der Waals surface area contributed by atoms with Gasteiger partial charge in [-0.1, -0.05) is 48.0 Å². The van der Waals surface area contributed by atoms with Crippen LogP contribution in [0, 0.1) is 0 Å². The lowest BCUT2D eigenvalue weighted by molar-refractivity contribution is -0.139. The van der Waals surface area contributed by atoms with Crippen molar-refractivity contribution in [2.45, 2.75) is 19.5 Å². The highest BCUT2D eigenvalue weighted by Crippen LogP contribution is 2.37. The fraction of sp³-hybridized carbons (Fsp3) is 0.208. The third kappa shape index (κ3) is 3.86. The van der Waals surface area contributed by atoms with Crippen molar-refractivity contribution in [1.82, 2.24) is 10.2 Å². The van der Waals surface area contributed by atoms with Gasteiger partial charge >= 0.3 is 0 Å². The molecule has 1 aliphatic heterocycles. The van der Waals surface area contributed by atoms with Crippen LogP contribution in [0.15, 0.2) is 60.7 Å². The second kappa shape index (κ2) is 8.40. The lowest BCUT2D eigenvalue weighted by atomic mass is 10.1. The normalized spacial score (nSPS) is 13.4. The first-order valence-electron chi connectivity index (χ1n) is 10.00. The van der Waals surface area contributed by atoms with Crippen LogP contribution in [0.2, 0.25) is 5.02 Å². The summed E-state index contributed by atoms with van der Waals surface area (Å²) in [6, 6.07) is 17.6. The van der Waals surface area contributed by atoms with Crippen LogP contribution in [-0.2, 0) is 16.1 Å². The van der Waals surface area contributed by atoms with Gasteiger partial charge in [0.15, 0.2) is 0 Å². The Kier molecular flexibility index (Phi) is 5.65. The Balaban J connectivity index is 1.63. The molecule has 3 amide bonds. The molecule has 1 aliphatic rings. The number of hydrogen-bond acceptors (Lipinski definition) is 3. The zero-order chi connectivity index (χ0) is 22.1. The van der Waals surface area contributed by atoms with E-state index in [9.17, 15) is 14.4 Å². The van der Waals surface area contributed by atoms with Gasteiger partial charge in [0.2, 0.25) is 11.8 Å². The van der Waals surface area contributed by atoms with Crippen molar-refractivity contribution in [1.29, 1.82) is 0 Å². The molecule has 158 valence electrons. The summed E-state index contributed by atoms with van der Waals surface area (Å²) in [6.07, 6.45) is 0. The number of anilines is 1. The topological polar surface area (TPSA) is 69.7 Å². The van der Waals surface area contributed by atoms with Crippen LogP contribution in [0.25, 0.3) is 10.8 Å². The summed E-state index contributed by atoms with van der Waals surface area (Å²) in [6.45, 7) is 1.75. The highest BCUT2D eigenvalue weighted by molar-refractivity contribution is 6.30.